The highest BCUT2D eigenvalue weighted by molar-refractivity contribution is 8.26. The summed E-state index contributed by atoms with van der Waals surface area (Å²) in [5.74, 6) is 0.343. The molecule has 0 unspecified atom stereocenters. The third kappa shape index (κ3) is 6.26. The second-order valence-corrected chi connectivity index (χ2v) is 11.8. The van der Waals surface area contributed by atoms with Crippen molar-refractivity contribution in [2.24, 2.45) is 0 Å². The van der Waals surface area contributed by atoms with Crippen LogP contribution in [0, 0.1) is 24.1 Å². The molecule has 40 heavy (non-hydrogen) atoms. The van der Waals surface area contributed by atoms with Gasteiger partial charge < -0.3 is 9.80 Å². The summed E-state index contributed by atoms with van der Waals surface area (Å²) in [5.41, 5.74) is 2.03. The molecule has 7 nitrogen and oxygen atoms in total. The van der Waals surface area contributed by atoms with E-state index in [1.165, 1.54) is 23.9 Å². The summed E-state index contributed by atoms with van der Waals surface area (Å²) in [6.45, 7) is 9.62. The summed E-state index contributed by atoms with van der Waals surface area (Å²) in [7, 11) is 0. The van der Waals surface area contributed by atoms with Gasteiger partial charge in [0, 0.05) is 50.5 Å². The molecule has 0 spiro atoms. The number of nitriles is 1. The number of hydrogen-bond acceptors (Lipinski definition) is 7. The number of pyridine rings is 1. The van der Waals surface area contributed by atoms with Crippen LogP contribution in [0.4, 0.5) is 15.9 Å². The van der Waals surface area contributed by atoms with Crippen LogP contribution in [0.5, 0.6) is 0 Å². The number of halogens is 1. The monoisotopic (exact) mass is 581 g/mol. The zero-order chi connectivity index (χ0) is 28.8. The average molecular weight is 582 g/mol. The fourth-order valence-electron chi connectivity index (χ4n) is 5.26. The van der Waals surface area contributed by atoms with E-state index in [0.717, 1.165) is 43.6 Å². The first-order chi connectivity index (χ1) is 19.3. The van der Waals surface area contributed by atoms with Crippen molar-refractivity contribution in [3.05, 3.63) is 62.0 Å². The molecule has 0 N–H and O–H groups in total. The van der Waals surface area contributed by atoms with Gasteiger partial charge in [-0.3, -0.25) is 19.1 Å². The lowest BCUT2D eigenvalue weighted by atomic mass is 10.0. The van der Waals surface area contributed by atoms with Crippen molar-refractivity contribution >= 4 is 51.8 Å². The molecule has 2 aliphatic rings. The van der Waals surface area contributed by atoms with Gasteiger partial charge in [0.1, 0.15) is 27.6 Å². The Bertz CT molecular complexity index is 1390. The largest absolute Gasteiger partial charge is 0.368 e. The molecular formula is C30H36FN5O2S2. The van der Waals surface area contributed by atoms with Crippen LogP contribution in [-0.2, 0) is 11.3 Å². The van der Waals surface area contributed by atoms with Crippen LogP contribution >= 0.6 is 24.0 Å². The number of amides is 1. The molecule has 0 saturated carbocycles. The van der Waals surface area contributed by atoms with E-state index in [4.69, 9.17) is 12.2 Å². The summed E-state index contributed by atoms with van der Waals surface area (Å²) in [6.07, 6.45) is 6.73. The van der Waals surface area contributed by atoms with Gasteiger partial charge in [-0.2, -0.15) is 5.26 Å². The Hall–Kier alpha value is -3.16. The normalized spacial score (nSPS) is 16.8. The van der Waals surface area contributed by atoms with E-state index in [-0.39, 0.29) is 22.8 Å². The van der Waals surface area contributed by atoms with E-state index in [2.05, 4.69) is 22.8 Å². The minimum atomic E-state index is -0.307. The lowest BCUT2D eigenvalue weighted by molar-refractivity contribution is -0.122. The van der Waals surface area contributed by atoms with Crippen LogP contribution in [0.25, 0.3) is 6.08 Å². The molecule has 212 valence electrons. The number of unbranched alkanes of at least 4 members (excludes halogenated alkanes) is 3. The van der Waals surface area contributed by atoms with Gasteiger partial charge in [0.05, 0.1) is 4.91 Å². The summed E-state index contributed by atoms with van der Waals surface area (Å²) in [6, 6.07) is 8.59. The molecule has 3 heterocycles. The number of aromatic nitrogens is 1. The van der Waals surface area contributed by atoms with Gasteiger partial charge in [0.15, 0.2) is 0 Å². The zero-order valence-electron chi connectivity index (χ0n) is 23.4. The lowest BCUT2D eigenvalue weighted by Gasteiger charge is -2.39. The first kappa shape index (κ1) is 29.8. The third-order valence-electron chi connectivity index (χ3n) is 7.45. The quantitative estimate of drug-likeness (QED) is 0.203. The van der Waals surface area contributed by atoms with Crippen LogP contribution in [-0.4, -0.2) is 52.4 Å². The number of hydrogen-bond donors (Lipinski definition) is 0. The summed E-state index contributed by atoms with van der Waals surface area (Å²) in [4.78, 5) is 33.4. The number of rotatable bonds is 10. The van der Waals surface area contributed by atoms with Crippen molar-refractivity contribution in [3.8, 4) is 6.07 Å². The van der Waals surface area contributed by atoms with Gasteiger partial charge in [-0.05, 0) is 55.7 Å². The van der Waals surface area contributed by atoms with Crippen molar-refractivity contribution in [1.82, 2.24) is 9.47 Å². The number of thiocarbonyl (C=S) groups is 1. The maximum atomic E-state index is 13.5. The van der Waals surface area contributed by atoms with Crippen LogP contribution in [0.2, 0.25) is 0 Å². The highest BCUT2D eigenvalue weighted by Crippen LogP contribution is 2.36. The molecule has 2 aromatic rings. The average Bonchev–Trinajstić information content (AvgIpc) is 3.22. The number of thioether (sulfide) groups is 1. The van der Waals surface area contributed by atoms with Crippen LogP contribution < -0.4 is 15.4 Å². The number of nitrogens with zero attached hydrogens (tertiary/aromatic N) is 5. The van der Waals surface area contributed by atoms with E-state index in [9.17, 15) is 19.2 Å². The van der Waals surface area contributed by atoms with E-state index in [1.807, 2.05) is 13.0 Å². The second-order valence-electron chi connectivity index (χ2n) is 10.2. The lowest BCUT2D eigenvalue weighted by Crippen LogP contribution is -2.48. The van der Waals surface area contributed by atoms with Crippen molar-refractivity contribution < 1.29 is 9.18 Å². The Balaban J connectivity index is 1.71. The van der Waals surface area contributed by atoms with Gasteiger partial charge in [-0.1, -0.05) is 57.1 Å². The van der Waals surface area contributed by atoms with Gasteiger partial charge in [0.25, 0.3) is 11.5 Å². The number of carbonyl (C=O) groups excluding carboxylic acids is 1. The molecule has 1 aromatic heterocycles. The predicted octanol–water partition coefficient (Wildman–Crippen LogP) is 5.69. The van der Waals surface area contributed by atoms with Crippen molar-refractivity contribution in [1.29, 1.82) is 5.26 Å². The Kier molecular flexibility index (Phi) is 10.0. The molecule has 2 aliphatic heterocycles. The molecular weight excluding hydrogens is 545 g/mol. The number of anilines is 2. The van der Waals surface area contributed by atoms with E-state index < -0.39 is 0 Å². The summed E-state index contributed by atoms with van der Waals surface area (Å²) >= 11 is 6.85. The van der Waals surface area contributed by atoms with Crippen LogP contribution in [0.15, 0.2) is 34.0 Å². The summed E-state index contributed by atoms with van der Waals surface area (Å²) < 4.78 is 15.7. The number of piperazine rings is 1. The molecule has 10 heteroatoms. The zero-order valence-corrected chi connectivity index (χ0v) is 25.0. The number of benzene rings is 1. The minimum Gasteiger partial charge on any atom is -0.368 e. The van der Waals surface area contributed by atoms with Crippen LogP contribution in [0.1, 0.15) is 62.6 Å². The fraction of sp³-hybridized carbons (Fsp3) is 0.467. The second kappa shape index (κ2) is 13.5. The molecule has 1 aromatic carbocycles. The Morgan fingerprint density at radius 3 is 2.30 bits per heavy atom. The van der Waals surface area contributed by atoms with Gasteiger partial charge >= 0.3 is 0 Å². The van der Waals surface area contributed by atoms with Crippen molar-refractivity contribution in [2.75, 3.05) is 42.5 Å². The van der Waals surface area contributed by atoms with Crippen molar-refractivity contribution in [2.45, 2.75) is 59.4 Å². The Morgan fingerprint density at radius 1 is 1.00 bits per heavy atom. The Labute approximate surface area is 245 Å². The molecule has 0 atom stereocenters. The smallest absolute Gasteiger partial charge is 0.270 e. The molecule has 4 rings (SSSR count). The predicted molar refractivity (Wildman–Crippen MR) is 165 cm³/mol. The molecule has 2 saturated heterocycles. The highest BCUT2D eigenvalue weighted by Gasteiger charge is 2.33. The van der Waals surface area contributed by atoms with E-state index >= 15 is 0 Å². The topological polar surface area (TPSA) is 72.6 Å². The maximum absolute atomic E-state index is 13.5. The number of carbonyl (C=O) groups is 1. The summed E-state index contributed by atoms with van der Waals surface area (Å²) in [5, 5.41) is 9.90. The minimum absolute atomic E-state index is 0.100. The standard InChI is InChI=1S/C30H36FN5O2S2/c1-4-6-7-8-14-36-29(38)26(40-30(36)39)19-24-21(3)25(20-32)28(37)35(13-5-2)27(24)34-17-15-33(16-18-34)23-11-9-22(31)10-12-23/h9-12,19H,4-8,13-18H2,1-3H3. The first-order valence-corrected chi connectivity index (χ1v) is 15.2. The SMILES string of the molecule is CCCCCCN1C(=O)C(=Cc2c(C)c(C#N)c(=O)n(CCC)c2N2CCN(c3ccc(F)cc3)CC2)SC1=S. The van der Waals surface area contributed by atoms with Gasteiger partial charge in [0.2, 0.25) is 0 Å². The van der Waals surface area contributed by atoms with E-state index in [1.54, 1.807) is 28.5 Å². The maximum Gasteiger partial charge on any atom is 0.270 e. The Morgan fingerprint density at radius 2 is 1.68 bits per heavy atom. The van der Waals surface area contributed by atoms with Gasteiger partial charge in [-0.25, -0.2) is 4.39 Å². The molecule has 0 radical (unpaired) electrons. The van der Waals surface area contributed by atoms with Crippen molar-refractivity contribution in [3.63, 3.8) is 0 Å². The molecule has 1 amide bonds. The van der Waals surface area contributed by atoms with E-state index in [0.29, 0.717) is 59.6 Å². The third-order valence-corrected chi connectivity index (χ3v) is 8.83. The first-order valence-electron chi connectivity index (χ1n) is 14.0. The van der Waals surface area contributed by atoms with Crippen LogP contribution in [0.3, 0.4) is 0 Å². The fourth-order valence-corrected chi connectivity index (χ4v) is 6.56. The molecule has 2 fully saturated rings. The van der Waals surface area contributed by atoms with Gasteiger partial charge in [-0.15, -0.1) is 0 Å². The highest BCUT2D eigenvalue weighted by atomic mass is 32.2. The molecule has 0 bridgehead atoms. The molecule has 0 aliphatic carbocycles.